The average Bonchev–Trinajstić information content (AvgIpc) is 3.28. The second-order valence-electron chi connectivity index (χ2n) is 7.71. The summed E-state index contributed by atoms with van der Waals surface area (Å²) in [6.07, 6.45) is 6.60. The van der Waals surface area contributed by atoms with Crippen LogP contribution in [0.4, 0.5) is 0 Å². The van der Waals surface area contributed by atoms with Gasteiger partial charge in [0.25, 0.3) is 0 Å². The Morgan fingerprint density at radius 3 is 2.76 bits per heavy atom. The van der Waals surface area contributed by atoms with Gasteiger partial charge in [-0.15, -0.1) is 0 Å². The molecule has 0 radical (unpaired) electrons. The Kier molecular flexibility index (Phi) is 8.01. The molecule has 3 rings (SSSR count). The Balaban J connectivity index is 1.53. The van der Waals surface area contributed by atoms with E-state index in [1.165, 1.54) is 0 Å². The Morgan fingerprint density at radius 2 is 2.07 bits per heavy atom. The molecule has 2 N–H and O–H groups in total. The SMILES string of the molecule is CN=C(NCc1ccnc(-n2cccn2)c1)NCC(CC(C)C)N1CCOCC1. The predicted molar refractivity (Wildman–Crippen MR) is 115 cm³/mol. The van der Waals surface area contributed by atoms with E-state index < -0.39 is 0 Å². The van der Waals surface area contributed by atoms with Gasteiger partial charge in [0.05, 0.1) is 13.2 Å². The van der Waals surface area contributed by atoms with Gasteiger partial charge in [-0.3, -0.25) is 9.89 Å². The third-order valence-electron chi connectivity index (χ3n) is 5.04. The summed E-state index contributed by atoms with van der Waals surface area (Å²) in [6.45, 7) is 9.74. The molecule has 0 aliphatic carbocycles. The number of rotatable bonds is 8. The van der Waals surface area contributed by atoms with Gasteiger partial charge in [0.1, 0.15) is 0 Å². The highest BCUT2D eigenvalue weighted by atomic mass is 16.5. The lowest BCUT2D eigenvalue weighted by atomic mass is 10.0. The first-order valence-corrected chi connectivity index (χ1v) is 10.4. The van der Waals surface area contributed by atoms with Crippen LogP contribution in [-0.2, 0) is 11.3 Å². The molecule has 1 saturated heterocycles. The number of ether oxygens (including phenoxy) is 1. The summed E-state index contributed by atoms with van der Waals surface area (Å²) >= 11 is 0. The van der Waals surface area contributed by atoms with Crippen LogP contribution in [0.5, 0.6) is 0 Å². The summed E-state index contributed by atoms with van der Waals surface area (Å²) in [5.41, 5.74) is 1.13. The number of aliphatic imine (C=N–C) groups is 1. The number of guanidine groups is 1. The van der Waals surface area contributed by atoms with Crippen molar-refractivity contribution in [1.82, 2.24) is 30.3 Å². The van der Waals surface area contributed by atoms with Gasteiger partial charge in [-0.1, -0.05) is 13.8 Å². The van der Waals surface area contributed by atoms with Crippen molar-refractivity contribution in [1.29, 1.82) is 0 Å². The zero-order chi connectivity index (χ0) is 20.5. The molecule has 3 heterocycles. The summed E-state index contributed by atoms with van der Waals surface area (Å²) in [5, 5.41) is 11.2. The third-order valence-corrected chi connectivity index (χ3v) is 5.04. The molecule has 1 atom stereocenters. The van der Waals surface area contributed by atoms with Crippen LogP contribution < -0.4 is 10.6 Å². The Bertz CT molecular complexity index is 754. The predicted octanol–water partition coefficient (Wildman–Crippen LogP) is 1.68. The van der Waals surface area contributed by atoms with Crippen LogP contribution in [0, 0.1) is 5.92 Å². The number of aromatic nitrogens is 3. The molecule has 0 spiro atoms. The van der Waals surface area contributed by atoms with Crippen molar-refractivity contribution in [2.75, 3.05) is 39.9 Å². The lowest BCUT2D eigenvalue weighted by Gasteiger charge is -2.35. The molecule has 0 bridgehead atoms. The first-order valence-electron chi connectivity index (χ1n) is 10.4. The molecule has 1 unspecified atom stereocenters. The summed E-state index contributed by atoms with van der Waals surface area (Å²) in [4.78, 5) is 11.3. The maximum absolute atomic E-state index is 5.52. The van der Waals surface area contributed by atoms with Crippen molar-refractivity contribution in [2.45, 2.75) is 32.9 Å². The zero-order valence-electron chi connectivity index (χ0n) is 17.7. The standard InChI is InChI=1S/C21H33N7O/c1-17(2)13-19(27-9-11-29-12-10-27)16-25-21(22-3)24-15-18-5-7-23-20(14-18)28-8-4-6-26-28/h4-8,14,17,19H,9-13,15-16H2,1-3H3,(H2,22,24,25). The van der Waals surface area contributed by atoms with Crippen LogP contribution in [0.2, 0.25) is 0 Å². The highest BCUT2D eigenvalue weighted by Gasteiger charge is 2.22. The molecule has 2 aromatic rings. The van der Waals surface area contributed by atoms with Gasteiger partial charge in [-0.2, -0.15) is 5.10 Å². The van der Waals surface area contributed by atoms with Crippen molar-refractivity contribution >= 4 is 5.96 Å². The Hall–Kier alpha value is -2.45. The van der Waals surface area contributed by atoms with Crippen molar-refractivity contribution in [3.63, 3.8) is 0 Å². The number of hydrogen-bond donors (Lipinski definition) is 2. The van der Waals surface area contributed by atoms with Crippen molar-refractivity contribution in [3.05, 3.63) is 42.4 Å². The minimum Gasteiger partial charge on any atom is -0.379 e. The summed E-state index contributed by atoms with van der Waals surface area (Å²) < 4.78 is 7.28. The highest BCUT2D eigenvalue weighted by Crippen LogP contribution is 2.13. The highest BCUT2D eigenvalue weighted by molar-refractivity contribution is 5.79. The van der Waals surface area contributed by atoms with Crippen LogP contribution in [0.15, 0.2) is 41.8 Å². The van der Waals surface area contributed by atoms with Crippen LogP contribution >= 0.6 is 0 Å². The number of nitrogens with zero attached hydrogens (tertiary/aromatic N) is 5. The van der Waals surface area contributed by atoms with Crippen LogP contribution in [-0.4, -0.2) is 71.6 Å². The van der Waals surface area contributed by atoms with E-state index in [0.29, 0.717) is 18.5 Å². The molecule has 8 nitrogen and oxygen atoms in total. The van der Waals surface area contributed by atoms with Crippen LogP contribution in [0.3, 0.4) is 0 Å². The summed E-state index contributed by atoms with van der Waals surface area (Å²) in [5.74, 6) is 2.27. The van der Waals surface area contributed by atoms with E-state index in [0.717, 1.165) is 56.6 Å². The van der Waals surface area contributed by atoms with E-state index in [1.54, 1.807) is 17.1 Å². The van der Waals surface area contributed by atoms with Gasteiger partial charge in [0.15, 0.2) is 11.8 Å². The Morgan fingerprint density at radius 1 is 1.24 bits per heavy atom. The largest absolute Gasteiger partial charge is 0.379 e. The zero-order valence-corrected chi connectivity index (χ0v) is 17.7. The second kappa shape index (κ2) is 10.9. The minimum atomic E-state index is 0.477. The van der Waals surface area contributed by atoms with E-state index in [2.05, 4.69) is 44.5 Å². The molecule has 158 valence electrons. The topological polar surface area (TPSA) is 79.6 Å². The number of nitrogens with one attached hydrogen (secondary N) is 2. The van der Waals surface area contributed by atoms with Gasteiger partial charge in [-0.05, 0) is 36.1 Å². The summed E-state index contributed by atoms with van der Waals surface area (Å²) in [7, 11) is 1.81. The van der Waals surface area contributed by atoms with Gasteiger partial charge in [0.2, 0.25) is 0 Å². The van der Waals surface area contributed by atoms with E-state index in [-0.39, 0.29) is 0 Å². The average molecular weight is 400 g/mol. The van der Waals surface area contributed by atoms with E-state index in [1.807, 2.05) is 31.4 Å². The van der Waals surface area contributed by atoms with Gasteiger partial charge >= 0.3 is 0 Å². The summed E-state index contributed by atoms with van der Waals surface area (Å²) in [6, 6.07) is 6.40. The van der Waals surface area contributed by atoms with Crippen molar-refractivity contribution < 1.29 is 4.74 Å². The molecule has 0 amide bonds. The van der Waals surface area contributed by atoms with Crippen molar-refractivity contribution in [3.8, 4) is 5.82 Å². The molecule has 29 heavy (non-hydrogen) atoms. The first kappa shape index (κ1) is 21.3. The smallest absolute Gasteiger partial charge is 0.191 e. The van der Waals surface area contributed by atoms with Gasteiger partial charge < -0.3 is 15.4 Å². The maximum Gasteiger partial charge on any atom is 0.191 e. The number of morpholine rings is 1. The normalized spacial score (nSPS) is 16.8. The third kappa shape index (κ3) is 6.54. The number of hydrogen-bond acceptors (Lipinski definition) is 5. The lowest BCUT2D eigenvalue weighted by molar-refractivity contribution is 0.0132. The Labute approximate surface area is 173 Å². The molecule has 8 heteroatoms. The molecule has 2 aromatic heterocycles. The van der Waals surface area contributed by atoms with Gasteiger partial charge in [-0.25, -0.2) is 9.67 Å². The van der Waals surface area contributed by atoms with Crippen LogP contribution in [0.25, 0.3) is 5.82 Å². The fourth-order valence-corrected chi connectivity index (χ4v) is 3.57. The van der Waals surface area contributed by atoms with E-state index in [9.17, 15) is 0 Å². The molecular formula is C21H33N7O. The lowest BCUT2D eigenvalue weighted by Crippen LogP contribution is -2.50. The van der Waals surface area contributed by atoms with Crippen LogP contribution in [0.1, 0.15) is 25.8 Å². The number of pyridine rings is 1. The second-order valence-corrected chi connectivity index (χ2v) is 7.71. The molecule has 0 saturated carbocycles. The monoisotopic (exact) mass is 399 g/mol. The maximum atomic E-state index is 5.52. The van der Waals surface area contributed by atoms with Crippen molar-refractivity contribution in [2.24, 2.45) is 10.9 Å². The molecular weight excluding hydrogens is 366 g/mol. The molecule has 1 fully saturated rings. The fourth-order valence-electron chi connectivity index (χ4n) is 3.57. The fraction of sp³-hybridized carbons (Fsp3) is 0.571. The molecule has 0 aromatic carbocycles. The minimum absolute atomic E-state index is 0.477. The van der Waals surface area contributed by atoms with E-state index >= 15 is 0 Å². The van der Waals surface area contributed by atoms with Gasteiger partial charge in [0, 0.05) is 57.9 Å². The quantitative estimate of drug-likeness (QED) is 0.519. The molecule has 1 aliphatic rings. The van der Waals surface area contributed by atoms with E-state index in [4.69, 9.17) is 4.74 Å². The molecule has 1 aliphatic heterocycles. The first-order chi connectivity index (χ1) is 14.2.